The Balaban J connectivity index is 1.28. The lowest BCUT2D eigenvalue weighted by atomic mass is 9.90. The normalized spacial score (nSPS) is 21.7. The maximum Gasteiger partial charge on any atom is 0.314 e. The highest BCUT2D eigenvalue weighted by Crippen LogP contribution is 2.39. The number of pyridine rings is 1. The molecule has 1 atom stereocenters. The molecule has 2 saturated heterocycles. The lowest BCUT2D eigenvalue weighted by Gasteiger charge is -2.38. The van der Waals surface area contributed by atoms with E-state index in [-0.39, 0.29) is 29.9 Å². The molecule has 1 aromatic heterocycles. The van der Waals surface area contributed by atoms with Crippen molar-refractivity contribution >= 4 is 39.5 Å². The van der Waals surface area contributed by atoms with E-state index >= 15 is 0 Å². The van der Waals surface area contributed by atoms with Gasteiger partial charge in [0.2, 0.25) is 5.91 Å². The number of rotatable bonds is 3. The third-order valence-corrected chi connectivity index (χ3v) is 8.38. The van der Waals surface area contributed by atoms with Crippen LogP contribution in [0.15, 0.2) is 34.9 Å². The number of amides is 3. The van der Waals surface area contributed by atoms with Gasteiger partial charge in [-0.3, -0.25) is 14.7 Å². The molecule has 0 saturated carbocycles. The summed E-state index contributed by atoms with van der Waals surface area (Å²) in [6.07, 6.45) is 6.90. The monoisotopic (exact) mass is 559 g/mol. The molecular formula is C26H31BrClN5O2. The van der Waals surface area contributed by atoms with Crippen molar-refractivity contribution in [3.05, 3.63) is 62.3 Å². The number of likely N-dealkylation sites (tertiary alicyclic amines) is 2. The quantitative estimate of drug-likeness (QED) is 0.592. The molecule has 3 aliphatic rings. The van der Waals surface area contributed by atoms with Gasteiger partial charge in [-0.1, -0.05) is 17.7 Å². The zero-order chi connectivity index (χ0) is 24.5. The number of aryl methyl sites for hydroxylation is 2. The van der Waals surface area contributed by atoms with Crippen molar-refractivity contribution in [3.8, 4) is 0 Å². The van der Waals surface area contributed by atoms with E-state index in [9.17, 15) is 9.59 Å². The summed E-state index contributed by atoms with van der Waals surface area (Å²) in [7, 11) is 0. The number of hydrogen-bond acceptors (Lipinski definition) is 4. The molecule has 3 heterocycles. The van der Waals surface area contributed by atoms with Crippen molar-refractivity contribution in [2.45, 2.75) is 50.6 Å². The van der Waals surface area contributed by atoms with Crippen molar-refractivity contribution in [1.29, 1.82) is 0 Å². The van der Waals surface area contributed by atoms with Gasteiger partial charge in [0.1, 0.15) is 0 Å². The maximum atomic E-state index is 13.0. The van der Waals surface area contributed by atoms with Crippen molar-refractivity contribution in [2.75, 3.05) is 26.2 Å². The topological polar surface area (TPSA) is 91.6 Å². The number of primary amides is 1. The second-order valence-corrected chi connectivity index (χ2v) is 11.2. The van der Waals surface area contributed by atoms with E-state index in [4.69, 9.17) is 22.3 Å². The third-order valence-electron chi connectivity index (χ3n) is 7.71. The summed E-state index contributed by atoms with van der Waals surface area (Å²) in [5.41, 5.74) is 10.3. The van der Waals surface area contributed by atoms with Gasteiger partial charge in [-0.05, 0) is 102 Å². The van der Waals surface area contributed by atoms with Crippen LogP contribution in [0, 0.1) is 5.92 Å². The Morgan fingerprint density at radius 2 is 1.74 bits per heavy atom. The molecule has 1 aromatic carbocycles. The van der Waals surface area contributed by atoms with Crippen molar-refractivity contribution in [1.82, 2.24) is 20.1 Å². The summed E-state index contributed by atoms with van der Waals surface area (Å²) < 4.78 is 0.996. The largest absolute Gasteiger partial charge is 0.353 e. The lowest BCUT2D eigenvalue weighted by Crippen LogP contribution is -2.50. The molecule has 0 spiro atoms. The number of halogens is 2. The van der Waals surface area contributed by atoms with Gasteiger partial charge in [0.25, 0.3) is 0 Å². The Labute approximate surface area is 219 Å². The fraction of sp³-hybridized carbons (Fsp3) is 0.500. The minimum absolute atomic E-state index is 0.00762. The molecule has 7 nitrogen and oxygen atoms in total. The number of nitrogens with zero attached hydrogens (tertiary/aromatic N) is 3. The number of nitrogens with two attached hydrogens (primary N) is 1. The van der Waals surface area contributed by atoms with E-state index in [1.807, 2.05) is 12.3 Å². The maximum absolute atomic E-state index is 13.0. The smallest absolute Gasteiger partial charge is 0.314 e. The first-order chi connectivity index (χ1) is 16.9. The molecule has 0 bridgehead atoms. The Morgan fingerprint density at radius 1 is 1.03 bits per heavy atom. The number of carbonyl (C=O) groups excluding carboxylic acids is 2. The lowest BCUT2D eigenvalue weighted by molar-refractivity contribution is -0.127. The van der Waals surface area contributed by atoms with Crippen LogP contribution >= 0.6 is 27.5 Å². The number of benzene rings is 1. The average Bonchev–Trinajstić information content (AvgIpc) is 3.00. The van der Waals surface area contributed by atoms with E-state index in [1.165, 1.54) is 16.7 Å². The van der Waals surface area contributed by atoms with Gasteiger partial charge in [-0.25, -0.2) is 4.79 Å². The highest BCUT2D eigenvalue weighted by atomic mass is 79.9. The summed E-state index contributed by atoms with van der Waals surface area (Å²) in [4.78, 5) is 33.4. The van der Waals surface area contributed by atoms with E-state index in [0.29, 0.717) is 13.1 Å². The molecule has 5 rings (SSSR count). The standard InChI is InChI=1S/C26H31BrClN5O2/c27-19-13-18-2-1-17-14-20(28)3-4-22(17)24(23(18)30-15-19)32-9-5-16(6-10-32)25(34)31-21-7-11-33(12-8-21)26(29)35/h3-4,13-16,21,24H,1-2,5-12H2,(H2,29,35)(H,31,34). The Kier molecular flexibility index (Phi) is 7.32. The Hall–Kier alpha value is -2.16. The van der Waals surface area contributed by atoms with E-state index in [1.54, 1.807) is 4.90 Å². The van der Waals surface area contributed by atoms with Gasteiger partial charge in [-0.15, -0.1) is 0 Å². The molecule has 2 aromatic rings. The Bertz CT molecular complexity index is 1060. The van der Waals surface area contributed by atoms with E-state index in [0.717, 1.165) is 66.8 Å². The van der Waals surface area contributed by atoms with Crippen LogP contribution in [0.25, 0.3) is 0 Å². The summed E-state index contributed by atoms with van der Waals surface area (Å²) in [5, 5.41) is 3.99. The first-order valence-electron chi connectivity index (χ1n) is 12.4. The molecule has 3 amide bonds. The number of aromatic nitrogens is 1. The SMILES string of the molecule is NC(=O)N1CCC(NC(=O)C2CCN(C3c4ccc(Cl)cc4CCc4cc(Br)cnc43)CC2)CC1. The zero-order valence-electron chi connectivity index (χ0n) is 19.7. The first-order valence-corrected chi connectivity index (χ1v) is 13.6. The molecule has 35 heavy (non-hydrogen) atoms. The van der Waals surface area contributed by atoms with Crippen molar-refractivity contribution in [3.63, 3.8) is 0 Å². The van der Waals surface area contributed by atoms with Crippen LogP contribution in [-0.4, -0.2) is 58.9 Å². The van der Waals surface area contributed by atoms with Crippen LogP contribution < -0.4 is 11.1 Å². The number of urea groups is 1. The second-order valence-electron chi connectivity index (χ2n) is 9.86. The second kappa shape index (κ2) is 10.4. The summed E-state index contributed by atoms with van der Waals surface area (Å²) in [6.45, 7) is 2.88. The Morgan fingerprint density at radius 3 is 2.46 bits per heavy atom. The molecular weight excluding hydrogens is 530 g/mol. The minimum atomic E-state index is -0.382. The number of piperidine rings is 2. The van der Waals surface area contributed by atoms with Crippen molar-refractivity contribution in [2.24, 2.45) is 11.7 Å². The van der Waals surface area contributed by atoms with Crippen LogP contribution in [0.4, 0.5) is 4.79 Å². The fourth-order valence-electron chi connectivity index (χ4n) is 5.77. The number of nitrogens with one attached hydrogen (secondary N) is 1. The molecule has 186 valence electrons. The molecule has 0 radical (unpaired) electrons. The molecule has 3 N–H and O–H groups in total. The highest BCUT2D eigenvalue weighted by molar-refractivity contribution is 9.10. The third kappa shape index (κ3) is 5.34. The van der Waals surface area contributed by atoms with Gasteiger partial charge >= 0.3 is 6.03 Å². The van der Waals surface area contributed by atoms with Crippen LogP contribution in [0.2, 0.25) is 5.02 Å². The minimum Gasteiger partial charge on any atom is -0.353 e. The number of hydrogen-bond donors (Lipinski definition) is 2. The van der Waals surface area contributed by atoms with E-state index in [2.05, 4.69) is 44.3 Å². The number of carbonyl (C=O) groups is 2. The predicted molar refractivity (Wildman–Crippen MR) is 139 cm³/mol. The van der Waals surface area contributed by atoms with Gasteiger partial charge in [0.05, 0.1) is 11.7 Å². The number of fused-ring (bicyclic) bond motifs is 2. The molecule has 1 aliphatic carbocycles. The fourth-order valence-corrected chi connectivity index (χ4v) is 6.34. The van der Waals surface area contributed by atoms with Gasteiger partial charge in [0, 0.05) is 40.7 Å². The molecule has 2 aliphatic heterocycles. The summed E-state index contributed by atoms with van der Waals surface area (Å²) in [5.74, 6) is 0.144. The molecule has 1 unspecified atom stereocenters. The molecule has 9 heteroatoms. The summed E-state index contributed by atoms with van der Waals surface area (Å²) in [6, 6.07) is 8.20. The van der Waals surface area contributed by atoms with Crippen LogP contribution in [-0.2, 0) is 17.6 Å². The zero-order valence-corrected chi connectivity index (χ0v) is 22.0. The first kappa shape index (κ1) is 24.5. The average molecular weight is 561 g/mol. The molecule has 2 fully saturated rings. The van der Waals surface area contributed by atoms with Gasteiger partial charge in [0.15, 0.2) is 0 Å². The van der Waals surface area contributed by atoms with Gasteiger partial charge < -0.3 is 16.0 Å². The van der Waals surface area contributed by atoms with Crippen LogP contribution in [0.1, 0.15) is 54.1 Å². The van der Waals surface area contributed by atoms with Gasteiger partial charge in [-0.2, -0.15) is 0 Å². The van der Waals surface area contributed by atoms with E-state index < -0.39 is 0 Å². The van der Waals surface area contributed by atoms with Crippen LogP contribution in [0.5, 0.6) is 0 Å². The van der Waals surface area contributed by atoms with Crippen molar-refractivity contribution < 1.29 is 9.59 Å². The predicted octanol–water partition coefficient (Wildman–Crippen LogP) is 4.06. The summed E-state index contributed by atoms with van der Waals surface area (Å²) >= 11 is 9.94. The van der Waals surface area contributed by atoms with Crippen LogP contribution in [0.3, 0.4) is 0 Å². The highest BCUT2D eigenvalue weighted by Gasteiger charge is 2.35.